The number of esters is 1. The molecule has 1 aliphatic carbocycles. The molecule has 1 unspecified atom stereocenters. The summed E-state index contributed by atoms with van der Waals surface area (Å²) in [6.07, 6.45) is 10.0. The van der Waals surface area contributed by atoms with Crippen LogP contribution in [-0.4, -0.2) is 45.5 Å². The number of nitrogens with zero attached hydrogens (tertiary/aromatic N) is 3. The summed E-state index contributed by atoms with van der Waals surface area (Å²) in [5.41, 5.74) is 1.93. The number of amides is 1. The average molecular weight is 443 g/mol. The first-order valence-electron chi connectivity index (χ1n) is 11.3. The second-order valence-corrected chi connectivity index (χ2v) is 9.34. The van der Waals surface area contributed by atoms with Crippen LogP contribution in [0.4, 0.5) is 5.95 Å². The van der Waals surface area contributed by atoms with Crippen molar-refractivity contribution in [2.24, 2.45) is 10.9 Å². The van der Waals surface area contributed by atoms with Gasteiger partial charge in [-0.2, -0.15) is 0 Å². The first-order chi connectivity index (χ1) is 15.2. The Kier molecular flexibility index (Phi) is 7.27. The van der Waals surface area contributed by atoms with Crippen molar-refractivity contribution >= 4 is 46.3 Å². The van der Waals surface area contributed by atoms with Gasteiger partial charge in [-0.1, -0.05) is 50.8 Å². The van der Waals surface area contributed by atoms with E-state index in [1.54, 1.807) is 23.9 Å². The molecule has 0 radical (unpaired) electrons. The molecular weight excluding hydrogens is 412 g/mol. The van der Waals surface area contributed by atoms with Crippen LogP contribution in [0.25, 0.3) is 11.0 Å². The summed E-state index contributed by atoms with van der Waals surface area (Å²) in [4.78, 5) is 33.1. The molecule has 1 atom stereocenters. The minimum atomic E-state index is -0.318. The molecule has 1 aliphatic heterocycles. The summed E-state index contributed by atoms with van der Waals surface area (Å²) in [7, 11) is 0. The van der Waals surface area contributed by atoms with E-state index in [-0.39, 0.29) is 12.0 Å². The SMILES string of the molecule is CCCC1CSC(n2c(NC=O)nc3cc(C(=O)OCC4CCCCCC4)ccc32)=N1. The molecule has 1 aromatic carbocycles. The molecular formula is C23H30N4O3S. The third-order valence-electron chi connectivity index (χ3n) is 6.01. The molecule has 0 spiro atoms. The summed E-state index contributed by atoms with van der Waals surface area (Å²) >= 11 is 1.66. The zero-order valence-electron chi connectivity index (χ0n) is 18.0. The fraction of sp³-hybridized carbons (Fsp3) is 0.565. The predicted octanol–water partition coefficient (Wildman–Crippen LogP) is 4.85. The maximum absolute atomic E-state index is 12.6. The molecule has 0 bridgehead atoms. The largest absolute Gasteiger partial charge is 0.462 e. The van der Waals surface area contributed by atoms with Crippen molar-refractivity contribution in [2.45, 2.75) is 64.3 Å². The first kappa shape index (κ1) is 21.9. The highest BCUT2D eigenvalue weighted by Gasteiger charge is 2.24. The Labute approximate surface area is 187 Å². The van der Waals surface area contributed by atoms with Crippen LogP contribution in [0, 0.1) is 5.92 Å². The zero-order valence-corrected chi connectivity index (χ0v) is 18.8. The van der Waals surface area contributed by atoms with Crippen LogP contribution < -0.4 is 5.32 Å². The highest BCUT2D eigenvalue weighted by molar-refractivity contribution is 8.14. The maximum atomic E-state index is 12.6. The molecule has 2 aliphatic rings. The van der Waals surface area contributed by atoms with Crippen molar-refractivity contribution < 1.29 is 14.3 Å². The number of hydrogen-bond acceptors (Lipinski definition) is 6. The van der Waals surface area contributed by atoms with Gasteiger partial charge in [-0.05, 0) is 43.4 Å². The van der Waals surface area contributed by atoms with E-state index in [0.717, 1.165) is 42.1 Å². The van der Waals surface area contributed by atoms with Gasteiger partial charge < -0.3 is 4.74 Å². The molecule has 166 valence electrons. The first-order valence-corrected chi connectivity index (χ1v) is 12.3. The third-order valence-corrected chi connectivity index (χ3v) is 7.11. The van der Waals surface area contributed by atoms with Gasteiger partial charge in [0.2, 0.25) is 12.4 Å². The van der Waals surface area contributed by atoms with Crippen LogP contribution in [0.1, 0.15) is 68.6 Å². The summed E-state index contributed by atoms with van der Waals surface area (Å²) in [6.45, 7) is 2.64. The number of aromatic nitrogens is 2. The number of fused-ring (bicyclic) bond motifs is 1. The molecule has 1 fully saturated rings. The van der Waals surface area contributed by atoms with Crippen molar-refractivity contribution in [3.8, 4) is 0 Å². The van der Waals surface area contributed by atoms with E-state index in [0.29, 0.717) is 36.0 Å². The van der Waals surface area contributed by atoms with E-state index >= 15 is 0 Å². The number of thioether (sulfide) groups is 1. The van der Waals surface area contributed by atoms with E-state index in [1.807, 2.05) is 10.6 Å². The van der Waals surface area contributed by atoms with Gasteiger partial charge in [0, 0.05) is 5.75 Å². The highest BCUT2D eigenvalue weighted by atomic mass is 32.2. The molecule has 1 saturated carbocycles. The van der Waals surface area contributed by atoms with E-state index in [4.69, 9.17) is 9.73 Å². The van der Waals surface area contributed by atoms with Crippen molar-refractivity contribution in [1.29, 1.82) is 0 Å². The number of hydrogen-bond donors (Lipinski definition) is 1. The third kappa shape index (κ3) is 5.11. The number of aliphatic imine (C=N–C) groups is 1. The lowest BCUT2D eigenvalue weighted by molar-refractivity contribution is -0.105. The normalized spacial score (nSPS) is 19.8. The fourth-order valence-corrected chi connectivity index (χ4v) is 5.48. The highest BCUT2D eigenvalue weighted by Crippen LogP contribution is 2.29. The van der Waals surface area contributed by atoms with Crippen LogP contribution in [0.3, 0.4) is 0 Å². The maximum Gasteiger partial charge on any atom is 0.338 e. The van der Waals surface area contributed by atoms with Crippen molar-refractivity contribution in [2.75, 3.05) is 17.7 Å². The Balaban J connectivity index is 1.54. The number of anilines is 1. The molecule has 1 amide bonds. The molecule has 1 aromatic heterocycles. The Morgan fingerprint density at radius 3 is 2.84 bits per heavy atom. The van der Waals surface area contributed by atoms with Crippen molar-refractivity contribution in [3.05, 3.63) is 23.8 Å². The number of rotatable bonds is 7. The number of nitrogens with one attached hydrogen (secondary N) is 1. The van der Waals surface area contributed by atoms with Gasteiger partial charge in [0.05, 0.1) is 29.2 Å². The van der Waals surface area contributed by atoms with Gasteiger partial charge in [-0.25, -0.2) is 9.78 Å². The Hall–Kier alpha value is -2.35. The second kappa shape index (κ2) is 10.3. The average Bonchev–Trinajstić information content (AvgIpc) is 3.27. The van der Waals surface area contributed by atoms with Gasteiger partial charge >= 0.3 is 5.97 Å². The van der Waals surface area contributed by atoms with E-state index < -0.39 is 0 Å². The van der Waals surface area contributed by atoms with Crippen LogP contribution >= 0.6 is 11.8 Å². The Bertz CT molecular complexity index is 963. The molecule has 0 saturated heterocycles. The summed E-state index contributed by atoms with van der Waals surface area (Å²) in [5.74, 6) is 1.49. The number of benzene rings is 1. The van der Waals surface area contributed by atoms with Gasteiger partial charge in [0.1, 0.15) is 0 Å². The monoisotopic (exact) mass is 442 g/mol. The lowest BCUT2D eigenvalue weighted by atomic mass is 10.0. The van der Waals surface area contributed by atoms with Gasteiger partial charge in [-0.3, -0.25) is 19.7 Å². The van der Waals surface area contributed by atoms with E-state index in [2.05, 4.69) is 17.2 Å². The molecule has 4 rings (SSSR count). The Morgan fingerprint density at radius 1 is 1.29 bits per heavy atom. The smallest absolute Gasteiger partial charge is 0.338 e. The zero-order chi connectivity index (χ0) is 21.6. The second-order valence-electron chi connectivity index (χ2n) is 8.36. The molecule has 2 aromatic rings. The van der Waals surface area contributed by atoms with Crippen molar-refractivity contribution in [3.63, 3.8) is 0 Å². The number of carbonyl (C=O) groups is 2. The molecule has 2 heterocycles. The van der Waals surface area contributed by atoms with E-state index in [9.17, 15) is 9.59 Å². The summed E-state index contributed by atoms with van der Waals surface area (Å²) in [5, 5.41) is 3.50. The number of imidazole rings is 1. The Morgan fingerprint density at radius 2 is 2.10 bits per heavy atom. The fourth-order valence-electron chi connectivity index (χ4n) is 4.36. The molecule has 7 nitrogen and oxygen atoms in total. The predicted molar refractivity (Wildman–Crippen MR) is 125 cm³/mol. The lowest BCUT2D eigenvalue weighted by Gasteiger charge is -2.14. The standard InChI is InChI=1S/C23H30N4O3S/c1-2-7-18-14-31-23(25-18)27-20-11-10-17(12-19(20)26-22(27)24-15-28)21(29)30-13-16-8-5-3-4-6-9-16/h10-12,15-16,18H,2-9,13-14H2,1H3,(H,24,26,28). The van der Waals surface area contributed by atoms with Gasteiger partial charge in [0.15, 0.2) is 5.17 Å². The lowest BCUT2D eigenvalue weighted by Crippen LogP contribution is -2.14. The van der Waals surface area contributed by atoms with Crippen LogP contribution in [0.15, 0.2) is 23.2 Å². The topological polar surface area (TPSA) is 85.6 Å². The minimum absolute atomic E-state index is 0.282. The van der Waals surface area contributed by atoms with E-state index in [1.165, 1.54) is 25.7 Å². The molecule has 8 heteroatoms. The number of ether oxygens (including phenoxy) is 1. The molecule has 31 heavy (non-hydrogen) atoms. The van der Waals surface area contributed by atoms with Crippen molar-refractivity contribution in [1.82, 2.24) is 9.55 Å². The summed E-state index contributed by atoms with van der Waals surface area (Å²) < 4.78 is 7.49. The number of carbonyl (C=O) groups excluding carboxylic acids is 2. The van der Waals surface area contributed by atoms with Crippen LogP contribution in [-0.2, 0) is 9.53 Å². The molecule has 1 N–H and O–H groups in total. The van der Waals surface area contributed by atoms with Gasteiger partial charge in [-0.15, -0.1) is 0 Å². The van der Waals surface area contributed by atoms with Gasteiger partial charge in [0.25, 0.3) is 0 Å². The van der Waals surface area contributed by atoms with Crippen LogP contribution in [0.2, 0.25) is 0 Å². The minimum Gasteiger partial charge on any atom is -0.462 e. The summed E-state index contributed by atoms with van der Waals surface area (Å²) in [6, 6.07) is 5.65. The quantitative estimate of drug-likeness (QED) is 0.376. The van der Waals surface area contributed by atoms with Crippen LogP contribution in [0.5, 0.6) is 0 Å².